The Hall–Kier alpha value is -2.31. The molecule has 1 saturated carbocycles. The normalized spacial score (nSPS) is 16.2. The maximum Gasteiger partial charge on any atom is 0.421 e. The third kappa shape index (κ3) is 4.39. The molecule has 0 amide bonds. The van der Waals surface area contributed by atoms with E-state index in [4.69, 9.17) is 4.74 Å². The summed E-state index contributed by atoms with van der Waals surface area (Å²) in [5, 5.41) is 0. The quantitative estimate of drug-likeness (QED) is 0.594. The first kappa shape index (κ1) is 20.4. The molecule has 0 radical (unpaired) electrons. The predicted octanol–water partition coefficient (Wildman–Crippen LogP) is 6.10. The van der Waals surface area contributed by atoms with Crippen LogP contribution in [0.15, 0.2) is 30.5 Å². The Morgan fingerprint density at radius 1 is 1.21 bits per heavy atom. The minimum absolute atomic E-state index is 0.00257. The van der Waals surface area contributed by atoms with Crippen molar-refractivity contribution in [2.24, 2.45) is 0 Å². The molecule has 1 unspecified atom stereocenters. The molecule has 1 aliphatic carbocycles. The summed E-state index contributed by atoms with van der Waals surface area (Å²) >= 11 is 0. The molecule has 2 aromatic rings. The Labute approximate surface area is 163 Å². The molecule has 1 heterocycles. The van der Waals surface area contributed by atoms with E-state index in [1.807, 2.05) is 24.3 Å². The third-order valence-corrected chi connectivity index (χ3v) is 5.39. The van der Waals surface area contributed by atoms with Crippen LogP contribution in [0.3, 0.4) is 0 Å². The first-order valence-electron chi connectivity index (χ1n) is 9.74. The van der Waals surface area contributed by atoms with E-state index in [-0.39, 0.29) is 23.9 Å². The molecule has 0 N–H and O–H groups in total. The Morgan fingerprint density at radius 3 is 2.54 bits per heavy atom. The zero-order valence-electron chi connectivity index (χ0n) is 16.5. The van der Waals surface area contributed by atoms with Crippen LogP contribution in [0.2, 0.25) is 0 Å². The lowest BCUT2D eigenvalue weighted by atomic mass is 9.96. The maximum absolute atomic E-state index is 13.6. The molecular formula is C21H26F3N3O. The molecule has 3 rings (SSSR count). The zero-order chi connectivity index (χ0) is 20.3. The lowest BCUT2D eigenvalue weighted by Crippen LogP contribution is -2.21. The van der Waals surface area contributed by atoms with Crippen LogP contribution in [0.1, 0.15) is 63.0 Å². The first-order chi connectivity index (χ1) is 13.3. The predicted molar refractivity (Wildman–Crippen MR) is 103 cm³/mol. The second-order valence-corrected chi connectivity index (χ2v) is 7.34. The molecule has 1 aromatic carbocycles. The maximum atomic E-state index is 13.6. The second-order valence-electron chi connectivity index (χ2n) is 7.34. The van der Waals surface area contributed by atoms with Gasteiger partial charge in [0.25, 0.3) is 0 Å². The van der Waals surface area contributed by atoms with E-state index in [0.29, 0.717) is 5.69 Å². The van der Waals surface area contributed by atoms with Gasteiger partial charge in [0.2, 0.25) is 0 Å². The molecule has 1 aromatic heterocycles. The Bertz CT molecular complexity index is 804. The molecule has 0 aliphatic heterocycles. The summed E-state index contributed by atoms with van der Waals surface area (Å²) in [4.78, 5) is 9.51. The van der Waals surface area contributed by atoms with Gasteiger partial charge in [-0.1, -0.05) is 32.0 Å². The number of rotatable bonds is 6. The van der Waals surface area contributed by atoms with Crippen molar-refractivity contribution < 1.29 is 17.9 Å². The highest BCUT2D eigenvalue weighted by atomic mass is 19.4. The van der Waals surface area contributed by atoms with Gasteiger partial charge in [-0.05, 0) is 49.7 Å². The highest BCUT2D eigenvalue weighted by Crippen LogP contribution is 2.40. The van der Waals surface area contributed by atoms with Crippen LogP contribution >= 0.6 is 0 Å². The Kier molecular flexibility index (Phi) is 6.10. The molecule has 7 heteroatoms. The summed E-state index contributed by atoms with van der Waals surface area (Å²) in [5.41, 5.74) is 0.818. The molecule has 1 fully saturated rings. The fourth-order valence-corrected chi connectivity index (χ4v) is 3.57. The van der Waals surface area contributed by atoms with E-state index >= 15 is 0 Å². The average Bonchev–Trinajstić information content (AvgIpc) is 3.19. The Balaban J connectivity index is 2.02. The van der Waals surface area contributed by atoms with Gasteiger partial charge in [-0.3, -0.25) is 0 Å². The zero-order valence-corrected chi connectivity index (χ0v) is 16.5. The minimum atomic E-state index is -4.55. The number of halogens is 3. The van der Waals surface area contributed by atoms with Crippen LogP contribution in [0, 0.1) is 0 Å². The van der Waals surface area contributed by atoms with E-state index < -0.39 is 11.7 Å². The van der Waals surface area contributed by atoms with Crippen LogP contribution in [0.4, 0.5) is 24.7 Å². The first-order valence-corrected chi connectivity index (χ1v) is 9.74. The summed E-state index contributed by atoms with van der Waals surface area (Å²) in [7, 11) is 1.61. The summed E-state index contributed by atoms with van der Waals surface area (Å²) in [6, 6.07) is 7.49. The van der Waals surface area contributed by atoms with Gasteiger partial charge in [0.1, 0.15) is 11.7 Å². The molecular weight excluding hydrogens is 367 g/mol. The van der Waals surface area contributed by atoms with Crippen LogP contribution in [-0.4, -0.2) is 23.1 Å². The summed E-state index contributed by atoms with van der Waals surface area (Å²) in [6.45, 7) is 4.12. The summed E-state index contributed by atoms with van der Waals surface area (Å²) in [6.07, 6.45) is 1.01. The van der Waals surface area contributed by atoms with E-state index in [1.165, 1.54) is 4.90 Å². The molecule has 0 bridgehead atoms. The van der Waals surface area contributed by atoms with Gasteiger partial charge >= 0.3 is 12.2 Å². The lowest BCUT2D eigenvalue weighted by molar-refractivity contribution is -0.137. The number of alkyl halides is 3. The average molecular weight is 393 g/mol. The number of aromatic nitrogens is 2. The van der Waals surface area contributed by atoms with Gasteiger partial charge in [-0.25, -0.2) is 4.98 Å². The molecule has 1 atom stereocenters. The van der Waals surface area contributed by atoms with Crippen LogP contribution in [0.25, 0.3) is 0 Å². The van der Waals surface area contributed by atoms with Crippen LogP contribution < -0.4 is 9.64 Å². The minimum Gasteiger partial charge on any atom is -0.460 e. The number of para-hydroxylation sites is 1. The van der Waals surface area contributed by atoms with Crippen molar-refractivity contribution in [2.75, 3.05) is 11.9 Å². The topological polar surface area (TPSA) is 38.2 Å². The molecule has 0 spiro atoms. The second kappa shape index (κ2) is 8.37. The van der Waals surface area contributed by atoms with E-state index in [2.05, 4.69) is 23.8 Å². The standard InChI is InChI=1S/C21H26F3N3O/c1-4-14(2)16-11-7-8-12-18(16)27(3)19-17(21(22,23)24)13-25-20(26-19)28-15-9-5-6-10-15/h7-8,11-15H,4-6,9-10H2,1-3H3. The van der Waals surface area contributed by atoms with Crippen molar-refractivity contribution in [1.82, 2.24) is 9.97 Å². The number of nitrogens with zero attached hydrogens (tertiary/aromatic N) is 3. The van der Waals surface area contributed by atoms with Crippen molar-refractivity contribution in [1.29, 1.82) is 0 Å². The number of hydrogen-bond acceptors (Lipinski definition) is 4. The van der Waals surface area contributed by atoms with Gasteiger partial charge in [0.05, 0.1) is 0 Å². The molecule has 0 saturated heterocycles. The van der Waals surface area contributed by atoms with Crippen LogP contribution in [-0.2, 0) is 6.18 Å². The highest BCUT2D eigenvalue weighted by molar-refractivity contribution is 5.66. The van der Waals surface area contributed by atoms with Crippen molar-refractivity contribution in [3.05, 3.63) is 41.6 Å². The SMILES string of the molecule is CCC(C)c1ccccc1N(C)c1nc(OC2CCCC2)ncc1C(F)(F)F. The van der Waals surface area contributed by atoms with Gasteiger partial charge < -0.3 is 9.64 Å². The molecule has 4 nitrogen and oxygen atoms in total. The van der Waals surface area contributed by atoms with Gasteiger partial charge in [0, 0.05) is 18.9 Å². The van der Waals surface area contributed by atoms with Crippen molar-refractivity contribution in [3.63, 3.8) is 0 Å². The van der Waals surface area contributed by atoms with E-state index in [1.54, 1.807) is 7.05 Å². The lowest BCUT2D eigenvalue weighted by Gasteiger charge is -2.26. The van der Waals surface area contributed by atoms with E-state index in [9.17, 15) is 13.2 Å². The van der Waals surface area contributed by atoms with Gasteiger partial charge in [-0.2, -0.15) is 18.2 Å². The highest BCUT2D eigenvalue weighted by Gasteiger charge is 2.37. The molecule has 1 aliphatic rings. The summed E-state index contributed by atoms with van der Waals surface area (Å²) < 4.78 is 46.7. The van der Waals surface area contributed by atoms with Gasteiger partial charge in [0.15, 0.2) is 5.82 Å². The number of hydrogen-bond donors (Lipinski definition) is 0. The van der Waals surface area contributed by atoms with Crippen molar-refractivity contribution in [3.8, 4) is 6.01 Å². The smallest absolute Gasteiger partial charge is 0.421 e. The monoisotopic (exact) mass is 393 g/mol. The molecule has 28 heavy (non-hydrogen) atoms. The molecule has 152 valence electrons. The van der Waals surface area contributed by atoms with Crippen molar-refractivity contribution >= 4 is 11.5 Å². The fraction of sp³-hybridized carbons (Fsp3) is 0.524. The number of ether oxygens (including phenoxy) is 1. The van der Waals surface area contributed by atoms with E-state index in [0.717, 1.165) is 43.9 Å². The number of anilines is 2. The third-order valence-electron chi connectivity index (χ3n) is 5.39. The largest absolute Gasteiger partial charge is 0.460 e. The Morgan fingerprint density at radius 2 is 1.89 bits per heavy atom. The summed E-state index contributed by atoms with van der Waals surface area (Å²) in [5.74, 6) is 0.0234. The van der Waals surface area contributed by atoms with Crippen molar-refractivity contribution in [2.45, 2.75) is 64.1 Å². The van der Waals surface area contributed by atoms with Crippen LogP contribution in [0.5, 0.6) is 6.01 Å². The van der Waals surface area contributed by atoms with Gasteiger partial charge in [-0.15, -0.1) is 0 Å². The number of benzene rings is 1. The fourth-order valence-electron chi connectivity index (χ4n) is 3.57.